The van der Waals surface area contributed by atoms with E-state index in [1.165, 1.54) is 5.56 Å². The van der Waals surface area contributed by atoms with Crippen molar-refractivity contribution in [3.63, 3.8) is 0 Å². The van der Waals surface area contributed by atoms with E-state index in [9.17, 15) is 0 Å². The topological polar surface area (TPSA) is 51.8 Å². The van der Waals surface area contributed by atoms with Crippen LogP contribution in [-0.2, 0) is 6.42 Å². The van der Waals surface area contributed by atoms with Crippen LogP contribution < -0.4 is 0 Å². The van der Waals surface area contributed by atoms with Gasteiger partial charge in [-0.15, -0.1) is 0 Å². The first-order valence-electron chi connectivity index (χ1n) is 7.27. The lowest BCUT2D eigenvalue weighted by Gasteiger charge is -2.07. The van der Waals surface area contributed by atoms with Crippen LogP contribution >= 0.6 is 0 Å². The molecular formula is C18H15N3O. The van der Waals surface area contributed by atoms with Gasteiger partial charge in [0.2, 0.25) is 0 Å². The van der Waals surface area contributed by atoms with Crippen molar-refractivity contribution in [2.75, 3.05) is 0 Å². The third-order valence-corrected chi connectivity index (χ3v) is 4.04. The molecule has 22 heavy (non-hydrogen) atoms. The van der Waals surface area contributed by atoms with E-state index in [1.807, 2.05) is 32.3 Å². The molecular weight excluding hydrogens is 274 g/mol. The Morgan fingerprint density at radius 3 is 2.77 bits per heavy atom. The quantitative estimate of drug-likeness (QED) is 0.721. The van der Waals surface area contributed by atoms with Crippen molar-refractivity contribution in [1.29, 1.82) is 0 Å². The molecule has 1 aliphatic rings. The normalized spacial score (nSPS) is 13.1. The number of pyridine rings is 2. The van der Waals surface area contributed by atoms with Crippen molar-refractivity contribution in [1.82, 2.24) is 15.1 Å². The summed E-state index contributed by atoms with van der Waals surface area (Å²) in [7, 11) is 0. The van der Waals surface area contributed by atoms with Gasteiger partial charge < -0.3 is 4.52 Å². The maximum absolute atomic E-state index is 5.26. The molecule has 0 saturated heterocycles. The minimum absolute atomic E-state index is 0.831. The van der Waals surface area contributed by atoms with Gasteiger partial charge in [-0.05, 0) is 38.0 Å². The second kappa shape index (κ2) is 4.91. The van der Waals surface area contributed by atoms with Gasteiger partial charge in [0.25, 0.3) is 0 Å². The predicted molar refractivity (Wildman–Crippen MR) is 84.2 cm³/mol. The van der Waals surface area contributed by atoms with Crippen molar-refractivity contribution in [3.8, 4) is 11.1 Å². The maximum Gasteiger partial charge on any atom is 0.141 e. The number of fused-ring (bicyclic) bond motifs is 1. The summed E-state index contributed by atoms with van der Waals surface area (Å²) >= 11 is 0. The molecule has 0 bridgehead atoms. The van der Waals surface area contributed by atoms with Gasteiger partial charge in [-0.3, -0.25) is 9.97 Å². The first-order valence-corrected chi connectivity index (χ1v) is 7.27. The van der Waals surface area contributed by atoms with Crippen LogP contribution in [0.3, 0.4) is 0 Å². The molecule has 0 fully saturated rings. The molecule has 3 heterocycles. The largest absolute Gasteiger partial charge is 0.361 e. The molecule has 0 saturated carbocycles. The third kappa shape index (κ3) is 1.96. The van der Waals surface area contributed by atoms with E-state index in [2.05, 4.69) is 33.3 Å². The van der Waals surface area contributed by atoms with Gasteiger partial charge >= 0.3 is 0 Å². The average Bonchev–Trinajstić information content (AvgIpc) is 3.11. The van der Waals surface area contributed by atoms with Gasteiger partial charge in [0.15, 0.2) is 0 Å². The molecule has 3 aromatic heterocycles. The first kappa shape index (κ1) is 13.0. The lowest BCUT2D eigenvalue weighted by molar-refractivity contribution is 0.393. The van der Waals surface area contributed by atoms with Crippen LogP contribution in [0.15, 0.2) is 47.4 Å². The van der Waals surface area contributed by atoms with Gasteiger partial charge in [-0.25, -0.2) is 0 Å². The highest BCUT2D eigenvalue weighted by Gasteiger charge is 2.20. The summed E-state index contributed by atoms with van der Waals surface area (Å²) in [5.74, 6) is 0.831. The lowest BCUT2D eigenvalue weighted by atomic mass is 10.0. The van der Waals surface area contributed by atoms with E-state index < -0.39 is 0 Å². The average molecular weight is 289 g/mol. The standard InChI is InChI=1S/C18H15N3O/c1-11-17(12(2)22-21-11)15-8-13-5-6-16(18(13)20-10-15)14-4-3-7-19-9-14/h3-4,6-10H,5H2,1-2H3. The van der Waals surface area contributed by atoms with E-state index >= 15 is 0 Å². The highest BCUT2D eigenvalue weighted by Crippen LogP contribution is 2.34. The fourth-order valence-corrected chi connectivity index (χ4v) is 3.03. The van der Waals surface area contributed by atoms with Crippen molar-refractivity contribution in [2.45, 2.75) is 20.3 Å². The monoisotopic (exact) mass is 289 g/mol. The fraction of sp³-hybridized carbons (Fsp3) is 0.167. The van der Waals surface area contributed by atoms with Crippen LogP contribution in [0.4, 0.5) is 0 Å². The Morgan fingerprint density at radius 2 is 2.05 bits per heavy atom. The fourth-order valence-electron chi connectivity index (χ4n) is 3.03. The third-order valence-electron chi connectivity index (χ3n) is 4.04. The van der Waals surface area contributed by atoms with E-state index in [0.717, 1.165) is 45.8 Å². The number of hydrogen-bond acceptors (Lipinski definition) is 4. The molecule has 0 N–H and O–H groups in total. The zero-order valence-electron chi connectivity index (χ0n) is 12.5. The Balaban J connectivity index is 1.77. The molecule has 1 aliphatic carbocycles. The number of aromatic nitrogens is 3. The van der Waals surface area contributed by atoms with Crippen LogP contribution in [0.5, 0.6) is 0 Å². The lowest BCUT2D eigenvalue weighted by Crippen LogP contribution is -1.94. The number of nitrogens with zero attached hydrogens (tertiary/aromatic N) is 3. The van der Waals surface area contributed by atoms with Crippen molar-refractivity contribution >= 4 is 5.57 Å². The predicted octanol–water partition coefficient (Wildman–Crippen LogP) is 3.74. The summed E-state index contributed by atoms with van der Waals surface area (Å²) in [6, 6.07) is 6.21. The maximum atomic E-state index is 5.26. The first-order chi connectivity index (χ1) is 10.7. The number of rotatable bonds is 2. The highest BCUT2D eigenvalue weighted by molar-refractivity contribution is 5.83. The Hall–Kier alpha value is -2.75. The molecule has 0 atom stereocenters. The minimum atomic E-state index is 0.831. The zero-order valence-corrected chi connectivity index (χ0v) is 12.5. The summed E-state index contributed by atoms with van der Waals surface area (Å²) in [5, 5.41) is 4.02. The van der Waals surface area contributed by atoms with E-state index in [1.54, 1.807) is 6.20 Å². The van der Waals surface area contributed by atoms with Crippen LogP contribution in [0.1, 0.15) is 28.3 Å². The van der Waals surface area contributed by atoms with Crippen LogP contribution in [0, 0.1) is 13.8 Å². The summed E-state index contributed by atoms with van der Waals surface area (Å²) in [6.45, 7) is 3.89. The van der Waals surface area contributed by atoms with Gasteiger partial charge in [-0.1, -0.05) is 17.3 Å². The number of aryl methyl sites for hydroxylation is 2. The van der Waals surface area contributed by atoms with Gasteiger partial charge in [0, 0.05) is 40.9 Å². The molecule has 4 rings (SSSR count). The van der Waals surface area contributed by atoms with Crippen LogP contribution in [0.25, 0.3) is 16.7 Å². The molecule has 4 nitrogen and oxygen atoms in total. The summed E-state index contributed by atoms with van der Waals surface area (Å²) in [4.78, 5) is 8.88. The Bertz CT molecular complexity index is 859. The SMILES string of the molecule is Cc1noc(C)c1-c1cnc2c(c1)CC=C2c1cccnc1. The van der Waals surface area contributed by atoms with Crippen molar-refractivity contribution < 1.29 is 4.52 Å². The molecule has 0 spiro atoms. The van der Waals surface area contributed by atoms with E-state index in [4.69, 9.17) is 4.52 Å². The summed E-state index contributed by atoms with van der Waals surface area (Å²) in [6.07, 6.45) is 8.68. The molecule has 0 unspecified atom stereocenters. The molecule has 0 aromatic carbocycles. The number of hydrogen-bond donors (Lipinski definition) is 0. The van der Waals surface area contributed by atoms with Gasteiger partial charge in [0.05, 0.1) is 11.4 Å². The molecule has 0 amide bonds. The molecule has 108 valence electrons. The molecule has 3 aromatic rings. The molecule has 0 aliphatic heterocycles. The minimum Gasteiger partial charge on any atom is -0.361 e. The second-order valence-corrected chi connectivity index (χ2v) is 5.49. The van der Waals surface area contributed by atoms with Crippen molar-refractivity contribution in [3.05, 3.63) is 71.1 Å². The smallest absolute Gasteiger partial charge is 0.141 e. The van der Waals surface area contributed by atoms with Gasteiger partial charge in [0.1, 0.15) is 5.76 Å². The second-order valence-electron chi connectivity index (χ2n) is 5.49. The molecule has 4 heteroatoms. The Kier molecular flexibility index (Phi) is 2.89. The zero-order chi connectivity index (χ0) is 15.1. The van der Waals surface area contributed by atoms with Gasteiger partial charge in [-0.2, -0.15) is 0 Å². The summed E-state index contributed by atoms with van der Waals surface area (Å²) in [5.41, 5.74) is 7.56. The Labute approximate surface area is 128 Å². The highest BCUT2D eigenvalue weighted by atomic mass is 16.5. The molecule has 0 radical (unpaired) electrons. The van der Waals surface area contributed by atoms with Crippen LogP contribution in [0.2, 0.25) is 0 Å². The van der Waals surface area contributed by atoms with E-state index in [0.29, 0.717) is 0 Å². The van der Waals surface area contributed by atoms with Crippen LogP contribution in [-0.4, -0.2) is 15.1 Å². The number of allylic oxidation sites excluding steroid dienone is 1. The van der Waals surface area contributed by atoms with Crippen molar-refractivity contribution in [2.24, 2.45) is 0 Å². The Morgan fingerprint density at radius 1 is 1.14 bits per heavy atom. The summed E-state index contributed by atoms with van der Waals surface area (Å²) < 4.78 is 5.26. The van der Waals surface area contributed by atoms with E-state index in [-0.39, 0.29) is 0 Å².